The molecule has 1 N–H and O–H groups in total. The van der Waals surface area contributed by atoms with E-state index in [1.54, 1.807) is 30.3 Å². The van der Waals surface area contributed by atoms with Crippen LogP contribution in [-0.2, 0) is 26.8 Å². The molecule has 0 radical (unpaired) electrons. The number of benzene rings is 2. The topological polar surface area (TPSA) is 72.5 Å². The first-order valence-electron chi connectivity index (χ1n) is 7.94. The summed E-state index contributed by atoms with van der Waals surface area (Å²) < 4.78 is 53.5. The van der Waals surface area contributed by atoms with Gasteiger partial charge in [-0.05, 0) is 17.2 Å². The van der Waals surface area contributed by atoms with Gasteiger partial charge in [0.25, 0.3) is 0 Å². The number of para-hydroxylation sites is 1. The predicted octanol–water partition coefficient (Wildman–Crippen LogP) is 2.62. The SMILES string of the molecule is O=C(Cc1ccccc1OC(F)F)N[C@H]1CS(=O)(=O)Cc2ccccc21. The Kier molecular flexibility index (Phi) is 5.22. The number of fused-ring (bicyclic) bond motifs is 1. The predicted molar refractivity (Wildman–Crippen MR) is 91.6 cm³/mol. The van der Waals surface area contributed by atoms with Gasteiger partial charge in [0.05, 0.1) is 24.0 Å². The normalized spacial score (nSPS) is 18.2. The van der Waals surface area contributed by atoms with E-state index in [2.05, 4.69) is 10.1 Å². The quantitative estimate of drug-likeness (QED) is 0.864. The molecule has 0 bridgehead atoms. The van der Waals surface area contributed by atoms with Crippen molar-refractivity contribution < 1.29 is 26.7 Å². The van der Waals surface area contributed by atoms with Crippen molar-refractivity contribution in [3.63, 3.8) is 0 Å². The van der Waals surface area contributed by atoms with Crippen molar-refractivity contribution in [1.29, 1.82) is 0 Å². The van der Waals surface area contributed by atoms with Crippen LogP contribution in [0.4, 0.5) is 8.78 Å². The van der Waals surface area contributed by atoms with Crippen LogP contribution in [0.15, 0.2) is 48.5 Å². The molecule has 0 unspecified atom stereocenters. The van der Waals surface area contributed by atoms with Crippen molar-refractivity contribution in [2.75, 3.05) is 5.75 Å². The van der Waals surface area contributed by atoms with Crippen LogP contribution in [0, 0.1) is 0 Å². The van der Waals surface area contributed by atoms with E-state index in [-0.39, 0.29) is 23.7 Å². The van der Waals surface area contributed by atoms with Gasteiger partial charge in [-0.25, -0.2) is 8.42 Å². The molecule has 1 atom stereocenters. The van der Waals surface area contributed by atoms with Crippen LogP contribution in [0.2, 0.25) is 0 Å². The Hall–Kier alpha value is -2.48. The van der Waals surface area contributed by atoms with E-state index in [4.69, 9.17) is 0 Å². The molecule has 0 saturated carbocycles. The van der Waals surface area contributed by atoms with Crippen molar-refractivity contribution in [1.82, 2.24) is 5.32 Å². The highest BCUT2D eigenvalue weighted by Crippen LogP contribution is 2.28. The maximum atomic E-state index is 12.5. The number of carbonyl (C=O) groups excluding carboxylic acids is 1. The lowest BCUT2D eigenvalue weighted by molar-refractivity contribution is -0.121. The third kappa shape index (κ3) is 4.37. The molecule has 2 aromatic carbocycles. The van der Waals surface area contributed by atoms with E-state index in [0.29, 0.717) is 11.1 Å². The van der Waals surface area contributed by atoms with Crippen molar-refractivity contribution in [2.45, 2.75) is 24.8 Å². The molecule has 1 aliphatic heterocycles. The minimum atomic E-state index is -3.33. The van der Waals surface area contributed by atoms with Crippen LogP contribution in [0.25, 0.3) is 0 Å². The lowest BCUT2D eigenvalue weighted by Crippen LogP contribution is -2.37. The molecule has 1 aliphatic rings. The average molecular weight is 381 g/mol. The molecule has 0 aromatic heterocycles. The largest absolute Gasteiger partial charge is 0.435 e. The van der Waals surface area contributed by atoms with Gasteiger partial charge >= 0.3 is 6.61 Å². The van der Waals surface area contributed by atoms with E-state index in [1.165, 1.54) is 18.2 Å². The molecule has 0 aliphatic carbocycles. The molecule has 138 valence electrons. The Labute approximate surface area is 149 Å². The van der Waals surface area contributed by atoms with Gasteiger partial charge in [0.2, 0.25) is 5.91 Å². The van der Waals surface area contributed by atoms with Gasteiger partial charge in [-0.3, -0.25) is 4.79 Å². The molecule has 26 heavy (non-hydrogen) atoms. The Morgan fingerprint density at radius 2 is 1.85 bits per heavy atom. The first kappa shape index (κ1) is 18.3. The van der Waals surface area contributed by atoms with Crippen molar-refractivity contribution in [3.05, 3.63) is 65.2 Å². The molecule has 3 rings (SSSR count). The second-order valence-electron chi connectivity index (χ2n) is 6.04. The second-order valence-corrected chi connectivity index (χ2v) is 8.15. The molecule has 2 aromatic rings. The molecule has 5 nitrogen and oxygen atoms in total. The second kappa shape index (κ2) is 7.41. The monoisotopic (exact) mass is 381 g/mol. The first-order valence-corrected chi connectivity index (χ1v) is 9.76. The number of alkyl halides is 2. The zero-order chi connectivity index (χ0) is 18.7. The third-order valence-corrected chi connectivity index (χ3v) is 5.69. The van der Waals surface area contributed by atoms with Crippen molar-refractivity contribution >= 4 is 15.7 Å². The van der Waals surface area contributed by atoms with Gasteiger partial charge in [0.15, 0.2) is 9.84 Å². The fraction of sp³-hybridized carbons (Fsp3) is 0.278. The van der Waals surface area contributed by atoms with Gasteiger partial charge in [0, 0.05) is 5.56 Å². The molecule has 1 heterocycles. The lowest BCUT2D eigenvalue weighted by atomic mass is 10.0. The minimum absolute atomic E-state index is 0.0550. The third-order valence-electron chi connectivity index (χ3n) is 4.10. The van der Waals surface area contributed by atoms with Crippen LogP contribution in [-0.4, -0.2) is 26.7 Å². The Morgan fingerprint density at radius 3 is 2.62 bits per heavy atom. The van der Waals surface area contributed by atoms with Crippen LogP contribution >= 0.6 is 0 Å². The first-order chi connectivity index (χ1) is 12.3. The van der Waals surface area contributed by atoms with Gasteiger partial charge < -0.3 is 10.1 Å². The Morgan fingerprint density at radius 1 is 1.15 bits per heavy atom. The summed E-state index contributed by atoms with van der Waals surface area (Å²) in [7, 11) is -3.33. The molecule has 0 saturated heterocycles. The maximum absolute atomic E-state index is 12.5. The zero-order valence-corrected chi connectivity index (χ0v) is 14.5. The summed E-state index contributed by atoms with van der Waals surface area (Å²) in [5, 5.41) is 2.70. The zero-order valence-electron chi connectivity index (χ0n) is 13.7. The number of nitrogens with one attached hydrogen (secondary N) is 1. The summed E-state index contributed by atoms with van der Waals surface area (Å²) in [6.07, 6.45) is -0.193. The minimum Gasteiger partial charge on any atom is -0.435 e. The number of amides is 1. The molecule has 0 fully saturated rings. The molecule has 1 amide bonds. The summed E-state index contributed by atoms with van der Waals surface area (Å²) in [6.45, 7) is -2.99. The average Bonchev–Trinajstić information content (AvgIpc) is 2.55. The van der Waals surface area contributed by atoms with E-state index in [1.807, 2.05) is 0 Å². The van der Waals surface area contributed by atoms with Gasteiger partial charge in [0.1, 0.15) is 5.75 Å². The van der Waals surface area contributed by atoms with Gasteiger partial charge in [-0.15, -0.1) is 0 Å². The fourth-order valence-corrected chi connectivity index (χ4v) is 4.67. The highest BCUT2D eigenvalue weighted by molar-refractivity contribution is 7.90. The number of rotatable bonds is 5. The van der Waals surface area contributed by atoms with Crippen LogP contribution in [0.3, 0.4) is 0 Å². The number of halogens is 2. The summed E-state index contributed by atoms with van der Waals surface area (Å²) in [6, 6.07) is 12.4. The number of hydrogen-bond acceptors (Lipinski definition) is 4. The molecule has 8 heteroatoms. The van der Waals surface area contributed by atoms with Crippen molar-refractivity contribution in [3.8, 4) is 5.75 Å². The number of ether oxygens (including phenoxy) is 1. The summed E-state index contributed by atoms with van der Waals surface area (Å²) in [5.41, 5.74) is 1.72. The van der Waals surface area contributed by atoms with E-state index < -0.39 is 28.4 Å². The Balaban J connectivity index is 1.77. The van der Waals surface area contributed by atoms with Crippen LogP contribution in [0.1, 0.15) is 22.7 Å². The smallest absolute Gasteiger partial charge is 0.387 e. The molecular formula is C18H17F2NO4S. The van der Waals surface area contributed by atoms with E-state index >= 15 is 0 Å². The summed E-state index contributed by atoms with van der Waals surface area (Å²) in [4.78, 5) is 12.4. The maximum Gasteiger partial charge on any atom is 0.387 e. The van der Waals surface area contributed by atoms with Gasteiger partial charge in [-0.2, -0.15) is 8.78 Å². The standard InChI is InChI=1S/C18H17F2NO4S/c19-18(20)25-16-8-4-2-5-12(16)9-17(22)21-15-11-26(23,24)10-13-6-1-3-7-14(13)15/h1-8,15,18H,9-11H2,(H,21,22)/t15-/m0/s1. The number of carbonyl (C=O) groups is 1. The summed E-state index contributed by atoms with van der Waals surface area (Å²) in [5.74, 6) is -0.785. The highest BCUT2D eigenvalue weighted by atomic mass is 32.2. The van der Waals surface area contributed by atoms with Gasteiger partial charge in [-0.1, -0.05) is 42.5 Å². The summed E-state index contributed by atoms with van der Waals surface area (Å²) >= 11 is 0. The lowest BCUT2D eigenvalue weighted by Gasteiger charge is -2.26. The van der Waals surface area contributed by atoms with E-state index in [9.17, 15) is 22.0 Å². The van der Waals surface area contributed by atoms with Crippen LogP contribution < -0.4 is 10.1 Å². The molecular weight excluding hydrogens is 364 g/mol. The van der Waals surface area contributed by atoms with Crippen molar-refractivity contribution in [2.24, 2.45) is 0 Å². The fourth-order valence-electron chi connectivity index (χ4n) is 3.04. The number of hydrogen-bond donors (Lipinski definition) is 1. The highest BCUT2D eigenvalue weighted by Gasteiger charge is 2.30. The number of sulfone groups is 1. The van der Waals surface area contributed by atoms with Crippen LogP contribution in [0.5, 0.6) is 5.75 Å². The molecule has 0 spiro atoms. The Bertz CT molecular complexity index is 915. The van der Waals surface area contributed by atoms with E-state index in [0.717, 1.165) is 5.56 Å².